The molecule has 1 fully saturated rings. The van der Waals surface area contributed by atoms with E-state index in [1.807, 2.05) is 11.7 Å². The summed E-state index contributed by atoms with van der Waals surface area (Å²) in [7, 11) is 1.92. The maximum Gasteiger partial charge on any atom is 0.129 e. The van der Waals surface area contributed by atoms with Crippen molar-refractivity contribution in [3.63, 3.8) is 0 Å². The van der Waals surface area contributed by atoms with E-state index in [-0.39, 0.29) is 0 Å². The van der Waals surface area contributed by atoms with Crippen LogP contribution in [0.5, 0.6) is 0 Å². The summed E-state index contributed by atoms with van der Waals surface area (Å²) in [5.74, 6) is 2.10. The first-order chi connectivity index (χ1) is 8.59. The number of nitrogens with zero attached hydrogens (tertiary/aromatic N) is 2. The summed E-state index contributed by atoms with van der Waals surface area (Å²) in [4.78, 5) is 0. The minimum atomic E-state index is 0.586. The van der Waals surface area contributed by atoms with Gasteiger partial charge in [-0.1, -0.05) is 31.2 Å². The van der Waals surface area contributed by atoms with E-state index in [0.717, 1.165) is 17.3 Å². The fraction of sp³-hybridized carbons (Fsp3) is 0.400. The van der Waals surface area contributed by atoms with Crippen molar-refractivity contribution >= 4 is 5.82 Å². The summed E-state index contributed by atoms with van der Waals surface area (Å²) in [5, 5.41) is 4.63. The third-order valence-corrected chi connectivity index (χ3v) is 3.99. The zero-order chi connectivity index (χ0) is 12.9. The fourth-order valence-electron chi connectivity index (χ4n) is 2.65. The van der Waals surface area contributed by atoms with E-state index >= 15 is 0 Å². The van der Waals surface area contributed by atoms with Crippen LogP contribution in [0, 0.1) is 12.8 Å². The van der Waals surface area contributed by atoms with Crippen LogP contribution in [-0.4, -0.2) is 9.78 Å². The highest BCUT2D eigenvalue weighted by atomic mass is 15.3. The SMILES string of the molecule is Cc1ccccc1-c1c(C2CC2C)nn(C)c1N. The number of aromatic nitrogens is 2. The zero-order valence-electron chi connectivity index (χ0n) is 11.1. The molecular weight excluding hydrogens is 222 g/mol. The van der Waals surface area contributed by atoms with Gasteiger partial charge >= 0.3 is 0 Å². The predicted molar refractivity (Wildman–Crippen MR) is 74.3 cm³/mol. The van der Waals surface area contributed by atoms with Gasteiger partial charge in [-0.05, 0) is 30.4 Å². The summed E-state index contributed by atoms with van der Waals surface area (Å²) in [6.07, 6.45) is 1.23. The molecule has 3 heteroatoms. The Labute approximate surface area is 108 Å². The van der Waals surface area contributed by atoms with Crippen molar-refractivity contribution in [2.24, 2.45) is 13.0 Å². The monoisotopic (exact) mass is 241 g/mol. The van der Waals surface area contributed by atoms with Gasteiger partial charge in [-0.25, -0.2) is 0 Å². The Bertz CT molecular complexity index is 598. The van der Waals surface area contributed by atoms with Crippen molar-refractivity contribution in [1.82, 2.24) is 9.78 Å². The summed E-state index contributed by atoms with van der Waals surface area (Å²) < 4.78 is 1.81. The molecular formula is C15H19N3. The van der Waals surface area contributed by atoms with Crippen molar-refractivity contribution in [2.75, 3.05) is 5.73 Å². The van der Waals surface area contributed by atoms with Gasteiger partial charge in [0.2, 0.25) is 0 Å². The van der Waals surface area contributed by atoms with E-state index in [0.29, 0.717) is 5.92 Å². The molecule has 1 aromatic carbocycles. The lowest BCUT2D eigenvalue weighted by Gasteiger charge is -2.07. The van der Waals surface area contributed by atoms with Crippen molar-refractivity contribution in [3.05, 3.63) is 35.5 Å². The Morgan fingerprint density at radius 2 is 2.00 bits per heavy atom. The zero-order valence-corrected chi connectivity index (χ0v) is 11.1. The van der Waals surface area contributed by atoms with Crippen LogP contribution in [0.15, 0.2) is 24.3 Å². The average Bonchev–Trinajstić information content (AvgIpc) is 2.99. The number of benzene rings is 1. The van der Waals surface area contributed by atoms with Gasteiger partial charge in [0.25, 0.3) is 0 Å². The number of anilines is 1. The van der Waals surface area contributed by atoms with Gasteiger partial charge in [0.1, 0.15) is 5.82 Å². The van der Waals surface area contributed by atoms with Gasteiger partial charge in [0, 0.05) is 18.5 Å². The minimum Gasteiger partial charge on any atom is -0.383 e. The quantitative estimate of drug-likeness (QED) is 0.878. The normalized spacial score (nSPS) is 22.2. The topological polar surface area (TPSA) is 43.8 Å². The number of aryl methyl sites for hydroxylation is 2. The van der Waals surface area contributed by atoms with Crippen molar-refractivity contribution in [2.45, 2.75) is 26.2 Å². The van der Waals surface area contributed by atoms with E-state index in [4.69, 9.17) is 5.73 Å². The highest BCUT2D eigenvalue weighted by Gasteiger charge is 2.39. The van der Waals surface area contributed by atoms with E-state index in [1.54, 1.807) is 0 Å². The van der Waals surface area contributed by atoms with Gasteiger partial charge in [-0.15, -0.1) is 0 Å². The van der Waals surface area contributed by atoms with Crippen molar-refractivity contribution in [1.29, 1.82) is 0 Å². The highest BCUT2D eigenvalue weighted by Crippen LogP contribution is 2.50. The van der Waals surface area contributed by atoms with E-state index in [9.17, 15) is 0 Å². The average molecular weight is 241 g/mol. The molecule has 94 valence electrons. The number of rotatable bonds is 2. The number of nitrogens with two attached hydrogens (primary N) is 1. The summed E-state index contributed by atoms with van der Waals surface area (Å²) in [6, 6.07) is 8.39. The third kappa shape index (κ3) is 1.62. The third-order valence-electron chi connectivity index (χ3n) is 3.99. The van der Waals surface area contributed by atoms with Gasteiger partial charge in [0.15, 0.2) is 0 Å². The van der Waals surface area contributed by atoms with Crippen molar-refractivity contribution in [3.8, 4) is 11.1 Å². The lowest BCUT2D eigenvalue weighted by molar-refractivity contribution is 0.743. The number of hydrogen-bond donors (Lipinski definition) is 1. The molecule has 1 aliphatic carbocycles. The Hall–Kier alpha value is -1.77. The molecule has 0 radical (unpaired) electrons. The van der Waals surface area contributed by atoms with Gasteiger partial charge in [-0.3, -0.25) is 4.68 Å². The van der Waals surface area contributed by atoms with E-state index < -0.39 is 0 Å². The molecule has 0 aliphatic heterocycles. The van der Waals surface area contributed by atoms with Gasteiger partial charge in [-0.2, -0.15) is 5.10 Å². The first kappa shape index (κ1) is 11.3. The van der Waals surface area contributed by atoms with Crippen LogP contribution < -0.4 is 5.73 Å². The van der Waals surface area contributed by atoms with E-state index in [1.165, 1.54) is 23.2 Å². The molecule has 0 amide bonds. The number of hydrogen-bond acceptors (Lipinski definition) is 2. The summed E-state index contributed by atoms with van der Waals surface area (Å²) in [5.41, 5.74) is 11.0. The second-order valence-corrected chi connectivity index (χ2v) is 5.40. The molecule has 1 aliphatic rings. The standard InChI is InChI=1S/C15H19N3/c1-9-6-4-5-7-11(9)13-14(12-8-10(12)2)17-18(3)15(13)16/h4-7,10,12H,8,16H2,1-3H3. The molecule has 18 heavy (non-hydrogen) atoms. The molecule has 2 unspecified atom stereocenters. The molecule has 2 N–H and O–H groups in total. The summed E-state index contributed by atoms with van der Waals surface area (Å²) in [6.45, 7) is 4.40. The highest BCUT2D eigenvalue weighted by molar-refractivity contribution is 5.79. The molecule has 0 spiro atoms. The maximum absolute atomic E-state index is 6.22. The van der Waals surface area contributed by atoms with Crippen LogP contribution in [0.2, 0.25) is 0 Å². The van der Waals surface area contributed by atoms with Crippen LogP contribution in [0.25, 0.3) is 11.1 Å². The first-order valence-electron chi connectivity index (χ1n) is 6.48. The fourth-order valence-corrected chi connectivity index (χ4v) is 2.65. The Morgan fingerprint density at radius 1 is 1.33 bits per heavy atom. The molecule has 2 aromatic rings. The predicted octanol–water partition coefficient (Wildman–Crippen LogP) is 3.10. The Morgan fingerprint density at radius 3 is 2.61 bits per heavy atom. The second-order valence-electron chi connectivity index (χ2n) is 5.40. The van der Waals surface area contributed by atoms with Gasteiger partial charge < -0.3 is 5.73 Å². The van der Waals surface area contributed by atoms with Crippen LogP contribution in [-0.2, 0) is 7.05 Å². The van der Waals surface area contributed by atoms with Crippen LogP contribution in [0.3, 0.4) is 0 Å². The summed E-state index contributed by atoms with van der Waals surface area (Å²) >= 11 is 0. The lowest BCUT2D eigenvalue weighted by atomic mass is 9.98. The number of nitrogen functional groups attached to an aromatic ring is 1. The largest absolute Gasteiger partial charge is 0.383 e. The van der Waals surface area contributed by atoms with E-state index in [2.05, 4.69) is 43.2 Å². The Kier molecular flexibility index (Phi) is 2.44. The minimum absolute atomic E-state index is 0.586. The molecule has 1 saturated carbocycles. The molecule has 0 bridgehead atoms. The maximum atomic E-state index is 6.22. The molecule has 2 atom stereocenters. The second kappa shape index (κ2) is 3.87. The van der Waals surface area contributed by atoms with Crippen LogP contribution in [0.4, 0.5) is 5.82 Å². The molecule has 1 aromatic heterocycles. The molecule has 3 nitrogen and oxygen atoms in total. The van der Waals surface area contributed by atoms with Gasteiger partial charge in [0.05, 0.1) is 5.69 Å². The first-order valence-corrected chi connectivity index (χ1v) is 6.48. The van der Waals surface area contributed by atoms with Crippen molar-refractivity contribution < 1.29 is 0 Å². The molecule has 3 rings (SSSR count). The lowest BCUT2D eigenvalue weighted by Crippen LogP contribution is -1.98. The van der Waals surface area contributed by atoms with Crippen LogP contribution >= 0.6 is 0 Å². The Balaban J connectivity index is 2.19. The smallest absolute Gasteiger partial charge is 0.129 e. The molecule has 0 saturated heterocycles. The van der Waals surface area contributed by atoms with Crippen LogP contribution in [0.1, 0.15) is 30.5 Å². The molecule has 1 heterocycles.